The van der Waals surface area contributed by atoms with Gasteiger partial charge in [0, 0.05) is 42.2 Å². The lowest BCUT2D eigenvalue weighted by Gasteiger charge is -2.29. The van der Waals surface area contributed by atoms with Gasteiger partial charge in [0.25, 0.3) is 5.91 Å². The van der Waals surface area contributed by atoms with Gasteiger partial charge >= 0.3 is 0 Å². The average molecular weight is 739 g/mol. The molecule has 6 rings (SSSR count). The quantitative estimate of drug-likeness (QED) is 0.133. The number of hydrogen-bond acceptors (Lipinski definition) is 10. The van der Waals surface area contributed by atoms with Crippen molar-refractivity contribution in [1.29, 1.82) is 0 Å². The number of nitrogens with one attached hydrogen (secondary N) is 4. The lowest BCUT2D eigenvalue weighted by Crippen LogP contribution is -2.52. The third kappa shape index (κ3) is 9.10. The maximum absolute atomic E-state index is 14.2. The van der Waals surface area contributed by atoms with Crippen molar-refractivity contribution in [2.75, 3.05) is 31.6 Å². The van der Waals surface area contributed by atoms with Crippen molar-refractivity contribution in [3.05, 3.63) is 70.3 Å². The van der Waals surface area contributed by atoms with Crippen molar-refractivity contribution >= 4 is 46.8 Å². The normalized spacial score (nSPS) is 20.0. The van der Waals surface area contributed by atoms with Gasteiger partial charge < -0.3 is 30.3 Å². The molecule has 2 aromatic carbocycles. The van der Waals surface area contributed by atoms with Crippen molar-refractivity contribution in [2.45, 2.75) is 70.3 Å². The molecule has 5 amide bonds. The highest BCUT2D eigenvalue weighted by Crippen LogP contribution is 2.33. The number of anilines is 1. The van der Waals surface area contributed by atoms with E-state index in [0.717, 1.165) is 0 Å². The fourth-order valence-electron chi connectivity index (χ4n) is 6.55. The van der Waals surface area contributed by atoms with E-state index in [1.165, 1.54) is 11.0 Å². The number of imide groups is 1. The second-order valence-electron chi connectivity index (χ2n) is 12.9. The van der Waals surface area contributed by atoms with E-state index in [4.69, 9.17) is 21.1 Å². The van der Waals surface area contributed by atoms with Crippen LogP contribution in [0.15, 0.2) is 42.6 Å². The van der Waals surface area contributed by atoms with Crippen LogP contribution in [-0.4, -0.2) is 87.9 Å². The van der Waals surface area contributed by atoms with Crippen LogP contribution in [0.5, 0.6) is 5.75 Å². The molecule has 2 fully saturated rings. The van der Waals surface area contributed by atoms with Crippen LogP contribution in [0.3, 0.4) is 0 Å². The van der Waals surface area contributed by atoms with E-state index < -0.39 is 17.8 Å². The summed E-state index contributed by atoms with van der Waals surface area (Å²) in [6, 6.07) is 8.97. The average Bonchev–Trinajstić information content (AvgIpc) is 3.73. The van der Waals surface area contributed by atoms with Crippen molar-refractivity contribution in [2.24, 2.45) is 5.92 Å². The number of hydrogen-bond donors (Lipinski definition) is 4. The Morgan fingerprint density at radius 1 is 1.04 bits per heavy atom. The highest BCUT2D eigenvalue weighted by Gasteiger charge is 2.40. The Morgan fingerprint density at radius 3 is 2.65 bits per heavy atom. The summed E-state index contributed by atoms with van der Waals surface area (Å²) in [6.45, 7) is 2.01. The number of nitrogens with zero attached hydrogens (tertiary/aromatic N) is 4. The Kier molecular flexibility index (Phi) is 12.1. The molecule has 4 N–H and O–H groups in total. The summed E-state index contributed by atoms with van der Waals surface area (Å²) in [5, 5.41) is 19.3. The van der Waals surface area contributed by atoms with E-state index in [-0.39, 0.29) is 78.9 Å². The molecular formula is C35H40ClFN8O7. The molecule has 52 heavy (non-hydrogen) atoms. The number of carbonyl (C=O) groups excluding carboxylic acids is 5. The van der Waals surface area contributed by atoms with Crippen LogP contribution in [0.2, 0.25) is 5.02 Å². The van der Waals surface area contributed by atoms with Gasteiger partial charge in [-0.3, -0.25) is 29.3 Å². The number of carbonyl (C=O) groups is 5. The predicted molar refractivity (Wildman–Crippen MR) is 184 cm³/mol. The molecule has 276 valence electrons. The third-order valence-electron chi connectivity index (χ3n) is 9.31. The fraction of sp³-hybridized carbons (Fsp3) is 0.457. The Morgan fingerprint density at radius 2 is 1.85 bits per heavy atom. The number of halogens is 2. The lowest BCUT2D eigenvalue weighted by atomic mass is 9.86. The van der Waals surface area contributed by atoms with Crippen molar-refractivity contribution < 1.29 is 37.8 Å². The molecule has 15 nitrogen and oxygen atoms in total. The van der Waals surface area contributed by atoms with Crippen LogP contribution < -0.4 is 26.0 Å². The van der Waals surface area contributed by atoms with Crippen molar-refractivity contribution in [3.8, 4) is 5.75 Å². The summed E-state index contributed by atoms with van der Waals surface area (Å²) in [5.74, 6) is -2.11. The topological polar surface area (TPSA) is 186 Å². The Labute approximate surface area is 303 Å². The van der Waals surface area contributed by atoms with E-state index in [0.29, 0.717) is 74.5 Å². The molecule has 3 heterocycles. The molecule has 1 aromatic heterocycles. The van der Waals surface area contributed by atoms with Crippen LogP contribution in [0.4, 0.5) is 10.1 Å². The first-order valence-electron chi connectivity index (χ1n) is 17.3. The van der Waals surface area contributed by atoms with Gasteiger partial charge in [-0.05, 0) is 56.4 Å². The van der Waals surface area contributed by atoms with E-state index in [2.05, 4.69) is 31.6 Å². The maximum Gasteiger partial charge on any atom is 0.255 e. The van der Waals surface area contributed by atoms with Crippen LogP contribution >= 0.6 is 11.6 Å². The van der Waals surface area contributed by atoms with Gasteiger partial charge in [0.05, 0.1) is 50.2 Å². The monoisotopic (exact) mass is 738 g/mol. The number of amides is 5. The van der Waals surface area contributed by atoms with Gasteiger partial charge in [-0.15, -0.1) is 5.10 Å². The summed E-state index contributed by atoms with van der Waals surface area (Å²) < 4.78 is 27.2. The Balaban J connectivity index is 0.829. The van der Waals surface area contributed by atoms with Crippen LogP contribution in [0.1, 0.15) is 60.1 Å². The molecule has 1 atom stereocenters. The van der Waals surface area contributed by atoms with Crippen molar-refractivity contribution in [3.63, 3.8) is 0 Å². The summed E-state index contributed by atoms with van der Waals surface area (Å²) in [7, 11) is 0. The summed E-state index contributed by atoms with van der Waals surface area (Å²) in [5.41, 5.74) is 2.17. The van der Waals surface area contributed by atoms with E-state index in [1.807, 2.05) is 0 Å². The van der Waals surface area contributed by atoms with E-state index >= 15 is 0 Å². The smallest absolute Gasteiger partial charge is 0.255 e. The zero-order valence-corrected chi connectivity index (χ0v) is 29.1. The van der Waals surface area contributed by atoms with Gasteiger partial charge in [-0.2, -0.15) is 0 Å². The third-order valence-corrected chi connectivity index (χ3v) is 9.61. The first-order valence-corrected chi connectivity index (χ1v) is 17.7. The second-order valence-corrected chi connectivity index (χ2v) is 13.3. The lowest BCUT2D eigenvalue weighted by molar-refractivity contribution is -0.137. The molecule has 0 bridgehead atoms. The summed E-state index contributed by atoms with van der Waals surface area (Å²) >= 11 is 5.84. The molecule has 1 saturated heterocycles. The van der Waals surface area contributed by atoms with Crippen LogP contribution in [-0.2, 0) is 43.5 Å². The molecule has 0 radical (unpaired) electrons. The largest absolute Gasteiger partial charge is 0.487 e. The number of piperidine rings is 1. The number of aromatic nitrogens is 3. The zero-order chi connectivity index (χ0) is 36.6. The second kappa shape index (κ2) is 17.1. The fourth-order valence-corrected chi connectivity index (χ4v) is 6.72. The van der Waals surface area contributed by atoms with Gasteiger partial charge in [-0.1, -0.05) is 28.9 Å². The highest BCUT2D eigenvalue weighted by atomic mass is 35.5. The van der Waals surface area contributed by atoms with E-state index in [1.54, 1.807) is 41.2 Å². The Bertz CT molecular complexity index is 1810. The Hall–Kier alpha value is -4.93. The molecule has 17 heteroatoms. The van der Waals surface area contributed by atoms with Crippen LogP contribution in [0, 0.1) is 11.7 Å². The number of benzene rings is 2. The molecule has 1 saturated carbocycles. The molecule has 2 aliphatic heterocycles. The molecular weight excluding hydrogens is 699 g/mol. The van der Waals surface area contributed by atoms with Crippen LogP contribution in [0.25, 0.3) is 0 Å². The first-order chi connectivity index (χ1) is 25.2. The highest BCUT2D eigenvalue weighted by molar-refractivity contribution is 6.30. The molecule has 0 spiro atoms. The maximum atomic E-state index is 14.2. The summed E-state index contributed by atoms with van der Waals surface area (Å²) in [4.78, 5) is 63.7. The number of fused-ring (bicyclic) bond motifs is 1. The minimum atomic E-state index is -0.734. The molecule has 1 aliphatic carbocycles. The SMILES string of the molecule is O=C1CCC(N2Cc3c(NC(=O)CNCCOCCn4cc(CNC(=O)C5CCC(Oc6cccc(Cl)c6F)CC5)nn4)cccc3C2=O)C(=O)N1. The predicted octanol–water partition coefficient (Wildman–Crippen LogP) is 2.33. The zero-order valence-electron chi connectivity index (χ0n) is 28.4. The standard InChI is InChI=1S/C35H40ClFN8O7/c36-26-4-2-6-29(32(26)37)52-23-9-7-21(8-10-23)33(48)39-17-22-19-44(43-42-22)14-16-51-15-13-38-18-31(47)40-27-5-1-3-24-25(27)20-45(35(24)50)28-11-12-30(46)41-34(28)49/h1-6,19,21,23,28,38H,7-18,20H2,(H,39,48)(H,40,47)(H,41,46,49). The molecule has 3 aliphatic rings. The van der Waals surface area contributed by atoms with Gasteiger partial charge in [-0.25, -0.2) is 9.07 Å². The van der Waals surface area contributed by atoms with E-state index in [9.17, 15) is 28.4 Å². The first kappa shape index (κ1) is 36.8. The minimum Gasteiger partial charge on any atom is -0.487 e. The van der Waals surface area contributed by atoms with Crippen molar-refractivity contribution in [1.82, 2.24) is 35.8 Å². The molecule has 3 aromatic rings. The number of rotatable bonds is 15. The van der Waals surface area contributed by atoms with Gasteiger partial charge in [0.15, 0.2) is 11.6 Å². The molecule has 1 unspecified atom stereocenters. The summed E-state index contributed by atoms with van der Waals surface area (Å²) in [6.07, 6.45) is 4.53. The number of ether oxygens (including phenoxy) is 2. The van der Waals surface area contributed by atoms with Gasteiger partial charge in [0.1, 0.15) is 11.7 Å². The minimum absolute atomic E-state index is 0.0149. The van der Waals surface area contributed by atoms with Gasteiger partial charge in [0.2, 0.25) is 23.6 Å².